The molecule has 4 aromatic heterocycles. The van der Waals surface area contributed by atoms with Gasteiger partial charge in [0.25, 0.3) is 0 Å². The molecular weight excluding hydrogens is 730 g/mol. The van der Waals surface area contributed by atoms with Gasteiger partial charge in [-0.15, -0.1) is 0 Å². The van der Waals surface area contributed by atoms with E-state index in [9.17, 15) is 34.6 Å². The van der Waals surface area contributed by atoms with Crippen molar-refractivity contribution in [2.45, 2.75) is 49.1 Å². The Morgan fingerprint density at radius 1 is 0.830 bits per heavy atom. The number of hydrogen-bond acceptors (Lipinski definition) is 18. The Labute approximate surface area is 276 Å². The van der Waals surface area contributed by atoms with Crippen LogP contribution in [0.1, 0.15) is 12.5 Å². The van der Waals surface area contributed by atoms with E-state index in [0.29, 0.717) is 0 Å². The number of aromatic nitrogens is 8. The van der Waals surface area contributed by atoms with Crippen LogP contribution in [0.4, 0.5) is 11.9 Å². The van der Waals surface area contributed by atoms with E-state index in [4.69, 9.17) is 66.2 Å². The highest BCUT2D eigenvalue weighted by Crippen LogP contribution is 2.50. The standard InChI is InChI=1S/C20H26N10O12P2S3/c21-19-25-13-7(15(45)27-19)23-3-29(13)17-10(32)9(31)5(40-17)1-39-44(37,47)42-12-6(2-38-43(34,35)36)41-18(11(12)33)30-4-24-8-14(30)26-20(22)28-16(8)46/h3-6,9-12,17-18,31-33H,1-2H2,(H,37,47)(H2,34,35,36)(H3,21,25,27,45)(H3,22,26,28,46)/t5-,6-,9?,10?,11?,12?,17-,18-,44?/m1/s1. The number of aliphatic hydroxyl groups excluding tert-OH is 3. The number of aliphatic hydroxyl groups is 3. The van der Waals surface area contributed by atoms with Crippen molar-refractivity contribution in [1.29, 1.82) is 0 Å². The number of phosphoric ester groups is 1. The van der Waals surface area contributed by atoms with Crippen LogP contribution in [0.3, 0.4) is 0 Å². The SMILES string of the molecule is Nc1nc(=S)c2ncn([C@@H]3O[C@H](COP(O)(=S)OC4C(O)[C@H](n5cnc6c(=S)nc(N)[nH]c65)O[C@@H]4COP(=O)(O)O)C(O)C3O)c2[nH]1. The maximum absolute atomic E-state index is 11.4. The smallest absolute Gasteiger partial charge is 0.387 e. The average Bonchev–Trinajstić information content (AvgIpc) is 3.72. The van der Waals surface area contributed by atoms with Crippen LogP contribution in [-0.4, -0.2) is 119 Å². The molecule has 9 atom stereocenters. The lowest BCUT2D eigenvalue weighted by atomic mass is 10.1. The van der Waals surface area contributed by atoms with Crippen LogP contribution in [0.25, 0.3) is 22.3 Å². The van der Waals surface area contributed by atoms with Crippen LogP contribution in [0.2, 0.25) is 0 Å². The summed E-state index contributed by atoms with van der Waals surface area (Å²) in [5.41, 5.74) is 12.4. The summed E-state index contributed by atoms with van der Waals surface area (Å²) in [4.78, 5) is 51.1. The Bertz CT molecular complexity index is 2040. The van der Waals surface area contributed by atoms with Crippen LogP contribution in [-0.2, 0) is 39.4 Å². The summed E-state index contributed by atoms with van der Waals surface area (Å²) < 4.78 is 41.4. The topological polar surface area (TPSA) is 330 Å². The first-order valence-electron chi connectivity index (χ1n) is 13.2. The van der Waals surface area contributed by atoms with Gasteiger partial charge in [-0.25, -0.2) is 24.5 Å². The lowest BCUT2D eigenvalue weighted by Crippen LogP contribution is -2.36. The van der Waals surface area contributed by atoms with Gasteiger partial charge in [-0.1, -0.05) is 24.4 Å². The number of phosphoric acid groups is 1. The number of nitrogen functional groups attached to an aromatic ring is 2. The van der Waals surface area contributed by atoms with Gasteiger partial charge in [0.15, 0.2) is 33.6 Å². The van der Waals surface area contributed by atoms with Gasteiger partial charge in [0, 0.05) is 0 Å². The molecule has 5 unspecified atom stereocenters. The van der Waals surface area contributed by atoms with E-state index < -0.39 is 76.8 Å². The van der Waals surface area contributed by atoms with Gasteiger partial charge < -0.3 is 65.4 Å². The highest BCUT2D eigenvalue weighted by molar-refractivity contribution is 8.07. The Balaban J connectivity index is 1.19. The van der Waals surface area contributed by atoms with E-state index in [1.807, 2.05) is 0 Å². The van der Waals surface area contributed by atoms with Crippen LogP contribution < -0.4 is 11.5 Å². The van der Waals surface area contributed by atoms with E-state index in [1.54, 1.807) is 0 Å². The number of rotatable bonds is 10. The van der Waals surface area contributed by atoms with Crippen molar-refractivity contribution in [3.63, 3.8) is 0 Å². The first-order chi connectivity index (χ1) is 22.0. The largest absolute Gasteiger partial charge is 0.469 e. The summed E-state index contributed by atoms with van der Waals surface area (Å²) in [6.07, 6.45) is -9.06. The zero-order valence-corrected chi connectivity index (χ0v) is 27.5. The van der Waals surface area contributed by atoms with E-state index in [1.165, 1.54) is 21.8 Å². The van der Waals surface area contributed by atoms with Crippen molar-refractivity contribution in [3.05, 3.63) is 21.9 Å². The summed E-state index contributed by atoms with van der Waals surface area (Å²) >= 11 is 15.5. The molecule has 0 aliphatic carbocycles. The molecule has 27 heteroatoms. The third-order valence-electron chi connectivity index (χ3n) is 7.19. The van der Waals surface area contributed by atoms with E-state index in [2.05, 4.69) is 34.4 Å². The van der Waals surface area contributed by atoms with Crippen molar-refractivity contribution in [2.75, 3.05) is 24.7 Å². The predicted octanol–water partition coefficient (Wildman–Crippen LogP) is -1.24. The molecular formula is C20H26N10O12P2S3. The van der Waals surface area contributed by atoms with Gasteiger partial charge in [-0.05, 0) is 11.8 Å². The molecule has 0 bridgehead atoms. The number of hydrogen-bond donors (Lipinski definition) is 10. The third-order valence-corrected chi connectivity index (χ3v) is 9.80. The number of H-pyrrole nitrogens is 2. The number of nitrogens with two attached hydrogens (primary N) is 2. The van der Waals surface area contributed by atoms with Gasteiger partial charge in [0.05, 0.1) is 25.9 Å². The normalized spacial score (nSPS) is 29.6. The molecule has 6 rings (SSSR count). The van der Waals surface area contributed by atoms with Gasteiger partial charge in [0.1, 0.15) is 59.0 Å². The molecule has 4 aromatic rings. The van der Waals surface area contributed by atoms with Crippen LogP contribution in [0.5, 0.6) is 0 Å². The second-order valence-electron chi connectivity index (χ2n) is 10.3. The van der Waals surface area contributed by atoms with E-state index in [-0.39, 0.29) is 43.5 Å². The number of fused-ring (bicyclic) bond motifs is 2. The fourth-order valence-corrected chi connectivity index (χ4v) is 7.41. The monoisotopic (exact) mass is 756 g/mol. The number of nitrogens with zero attached hydrogens (tertiary/aromatic N) is 6. The molecule has 6 heterocycles. The molecule has 0 spiro atoms. The Kier molecular flexibility index (Phi) is 9.38. The van der Waals surface area contributed by atoms with Gasteiger partial charge >= 0.3 is 14.5 Å². The summed E-state index contributed by atoms with van der Waals surface area (Å²) in [5.74, 6) is -0.0924. The zero-order valence-electron chi connectivity index (χ0n) is 23.3. The number of imidazole rings is 2. The average molecular weight is 757 g/mol. The first kappa shape index (κ1) is 34.4. The molecule has 2 fully saturated rings. The molecule has 0 amide bonds. The second-order valence-corrected chi connectivity index (χ2v) is 15.1. The number of aromatic amines is 2. The molecule has 22 nitrogen and oxygen atoms in total. The van der Waals surface area contributed by atoms with Crippen molar-refractivity contribution in [1.82, 2.24) is 39.0 Å². The Morgan fingerprint density at radius 3 is 1.85 bits per heavy atom. The Morgan fingerprint density at radius 2 is 1.32 bits per heavy atom. The van der Waals surface area contributed by atoms with E-state index >= 15 is 0 Å². The number of nitrogens with one attached hydrogen (secondary N) is 2. The maximum Gasteiger partial charge on any atom is 0.469 e. The second kappa shape index (κ2) is 12.8. The van der Waals surface area contributed by atoms with Crippen LogP contribution in [0, 0.1) is 9.28 Å². The minimum atomic E-state index is -5.02. The maximum atomic E-state index is 11.4. The van der Waals surface area contributed by atoms with Gasteiger partial charge in [-0.2, -0.15) is 0 Å². The minimum Gasteiger partial charge on any atom is -0.387 e. The quantitative estimate of drug-likeness (QED) is 0.0668. The molecule has 0 radical (unpaired) electrons. The molecule has 0 saturated carbocycles. The first-order valence-corrected chi connectivity index (χ1v) is 18.1. The lowest BCUT2D eigenvalue weighted by molar-refractivity contribution is -0.0545. The number of ether oxygens (including phenoxy) is 2. The third kappa shape index (κ3) is 6.89. The van der Waals surface area contributed by atoms with Crippen molar-refractivity contribution in [2.24, 2.45) is 0 Å². The molecule has 2 aliphatic heterocycles. The lowest BCUT2D eigenvalue weighted by Gasteiger charge is -2.26. The highest BCUT2D eigenvalue weighted by Gasteiger charge is 2.50. The summed E-state index contributed by atoms with van der Waals surface area (Å²) in [6.45, 7) is -5.78. The predicted molar refractivity (Wildman–Crippen MR) is 165 cm³/mol. The summed E-state index contributed by atoms with van der Waals surface area (Å²) in [5, 5.41) is 32.7. The molecule has 2 aliphatic rings. The van der Waals surface area contributed by atoms with Gasteiger partial charge in [0.2, 0.25) is 0 Å². The Hall–Kier alpha value is -2.42. The summed E-state index contributed by atoms with van der Waals surface area (Å²) in [6, 6.07) is 0. The van der Waals surface area contributed by atoms with Crippen LogP contribution in [0.15, 0.2) is 12.7 Å². The molecule has 2 saturated heterocycles. The zero-order chi connectivity index (χ0) is 34.0. The highest BCUT2D eigenvalue weighted by atomic mass is 32.5. The van der Waals surface area contributed by atoms with Crippen molar-refractivity contribution >= 4 is 85.0 Å². The summed E-state index contributed by atoms with van der Waals surface area (Å²) in [7, 11) is -5.02. The van der Waals surface area contributed by atoms with E-state index in [0.717, 1.165) is 0 Å². The van der Waals surface area contributed by atoms with Gasteiger partial charge in [-0.3, -0.25) is 18.2 Å². The molecule has 256 valence electrons. The molecule has 12 N–H and O–H groups in total. The van der Waals surface area contributed by atoms with Crippen molar-refractivity contribution in [3.8, 4) is 0 Å². The fraction of sp³-hybridized carbons (Fsp3) is 0.500. The number of anilines is 2. The molecule has 47 heavy (non-hydrogen) atoms. The van der Waals surface area contributed by atoms with Crippen molar-refractivity contribution < 1.29 is 57.6 Å². The van der Waals surface area contributed by atoms with Crippen LogP contribution >= 0.6 is 39.0 Å². The fourth-order valence-electron chi connectivity index (χ4n) is 5.12. The minimum absolute atomic E-state index is 0.0225. The molecule has 0 aromatic carbocycles.